The first-order chi connectivity index (χ1) is 18.6. The minimum absolute atomic E-state index is 0.500. The van der Waals surface area contributed by atoms with Gasteiger partial charge in [-0.25, -0.2) is 0 Å². The van der Waals surface area contributed by atoms with E-state index in [1.807, 2.05) is 6.08 Å². The van der Waals surface area contributed by atoms with Crippen LogP contribution in [0, 0.1) is 5.92 Å². The summed E-state index contributed by atoms with van der Waals surface area (Å²) in [7, 11) is 1.76. The van der Waals surface area contributed by atoms with E-state index in [0.717, 1.165) is 63.5 Å². The minimum Gasteiger partial charge on any atom is -0.512 e. The number of nitrogens with one attached hydrogen (secondary N) is 1. The molecule has 3 aliphatic rings. The number of aliphatic hydroxyl groups excluding tert-OH is 1. The van der Waals surface area contributed by atoms with Crippen molar-refractivity contribution >= 4 is 5.69 Å². The fourth-order valence-corrected chi connectivity index (χ4v) is 6.76. The van der Waals surface area contributed by atoms with Gasteiger partial charge in [-0.15, -0.1) is 0 Å². The normalized spacial score (nSPS) is 21.8. The van der Waals surface area contributed by atoms with E-state index in [0.29, 0.717) is 17.6 Å². The van der Waals surface area contributed by atoms with Crippen molar-refractivity contribution in [1.82, 2.24) is 5.32 Å². The molecule has 4 heteroatoms. The van der Waals surface area contributed by atoms with Gasteiger partial charge in [0, 0.05) is 37.3 Å². The summed E-state index contributed by atoms with van der Waals surface area (Å²) in [5, 5.41) is 13.8. The van der Waals surface area contributed by atoms with Crippen LogP contribution >= 0.6 is 0 Å². The van der Waals surface area contributed by atoms with Crippen molar-refractivity contribution in [2.24, 2.45) is 5.92 Å². The maximum atomic E-state index is 9.98. The maximum Gasteiger partial charge on any atom is 0.120 e. The summed E-state index contributed by atoms with van der Waals surface area (Å²) in [5.41, 5.74) is 6.99. The zero-order valence-corrected chi connectivity index (χ0v) is 23.4. The summed E-state index contributed by atoms with van der Waals surface area (Å²) in [6.07, 6.45) is 16.2. The molecule has 2 fully saturated rings. The molecule has 2 atom stereocenters. The summed E-state index contributed by atoms with van der Waals surface area (Å²) in [6.45, 7) is 5.17. The summed E-state index contributed by atoms with van der Waals surface area (Å²) >= 11 is 0. The first-order valence-corrected chi connectivity index (χ1v) is 15.0. The molecule has 0 bridgehead atoms. The van der Waals surface area contributed by atoms with E-state index >= 15 is 0 Å². The number of anilines is 1. The fourth-order valence-electron chi connectivity index (χ4n) is 6.76. The smallest absolute Gasteiger partial charge is 0.120 e. The van der Waals surface area contributed by atoms with Gasteiger partial charge in [0.05, 0.1) is 12.9 Å². The molecule has 38 heavy (non-hydrogen) atoms. The van der Waals surface area contributed by atoms with Crippen molar-refractivity contribution in [3.63, 3.8) is 0 Å². The van der Waals surface area contributed by atoms with Gasteiger partial charge in [0.1, 0.15) is 5.75 Å². The van der Waals surface area contributed by atoms with Crippen molar-refractivity contribution < 1.29 is 9.84 Å². The lowest BCUT2D eigenvalue weighted by molar-refractivity contribution is 0.324. The predicted molar refractivity (Wildman–Crippen MR) is 158 cm³/mol. The fraction of sp³-hybridized carbons (Fsp3) is 0.529. The number of benzene rings is 2. The van der Waals surface area contributed by atoms with E-state index in [9.17, 15) is 5.11 Å². The number of ether oxygens (including phenoxy) is 1. The second-order valence-electron chi connectivity index (χ2n) is 11.6. The zero-order valence-electron chi connectivity index (χ0n) is 23.4. The molecule has 3 aliphatic carbocycles. The molecule has 2 unspecified atom stereocenters. The van der Waals surface area contributed by atoms with Crippen LogP contribution in [-0.2, 0) is 13.0 Å². The molecule has 0 aromatic heterocycles. The molecule has 0 aliphatic heterocycles. The Kier molecular flexibility index (Phi) is 9.11. The number of allylic oxidation sites excluding steroid dienone is 4. The van der Waals surface area contributed by atoms with Crippen LogP contribution < -0.4 is 15.0 Å². The number of fused-ring (bicyclic) bond motifs is 1. The van der Waals surface area contributed by atoms with E-state index in [4.69, 9.17) is 4.74 Å². The van der Waals surface area contributed by atoms with Crippen LogP contribution in [0.1, 0.15) is 87.3 Å². The van der Waals surface area contributed by atoms with Crippen molar-refractivity contribution in [1.29, 1.82) is 0 Å². The van der Waals surface area contributed by atoms with Gasteiger partial charge in [-0.1, -0.05) is 61.2 Å². The lowest BCUT2D eigenvalue weighted by atomic mass is 9.72. The molecule has 0 radical (unpaired) electrons. The molecule has 2 saturated carbocycles. The van der Waals surface area contributed by atoms with E-state index in [1.54, 1.807) is 7.11 Å². The standard InChI is InChI=1S/C34H46N2O2/c1-3-36(24-26-11-9-25(10-12-26)19-20-35-30-7-5-4-6-8-30)34-23-32(38-2)17-18-33(34)29-14-13-28-22-31(37)16-15-27(28)21-29/h9-12,15-18,23,28-30,35,37H,3-8,13-14,19-22,24H2,1-2H3. The van der Waals surface area contributed by atoms with Gasteiger partial charge in [-0.05, 0) is 92.7 Å². The molecule has 4 nitrogen and oxygen atoms in total. The average Bonchev–Trinajstić information content (AvgIpc) is 2.96. The van der Waals surface area contributed by atoms with Gasteiger partial charge in [0.2, 0.25) is 0 Å². The topological polar surface area (TPSA) is 44.7 Å². The first kappa shape index (κ1) is 26.9. The van der Waals surface area contributed by atoms with Crippen molar-refractivity contribution in [2.75, 3.05) is 25.1 Å². The zero-order chi connectivity index (χ0) is 26.3. The third kappa shape index (κ3) is 6.64. The molecule has 2 aromatic rings. The van der Waals surface area contributed by atoms with E-state index in [1.165, 1.54) is 60.1 Å². The highest BCUT2D eigenvalue weighted by atomic mass is 16.5. The van der Waals surface area contributed by atoms with Gasteiger partial charge >= 0.3 is 0 Å². The van der Waals surface area contributed by atoms with E-state index in [2.05, 4.69) is 65.7 Å². The number of hydrogen-bond donors (Lipinski definition) is 2. The summed E-state index contributed by atoms with van der Waals surface area (Å²) in [5.74, 6) is 2.46. The highest BCUT2D eigenvalue weighted by Crippen LogP contribution is 2.46. The van der Waals surface area contributed by atoms with Gasteiger partial charge in [0.15, 0.2) is 0 Å². The Morgan fingerprint density at radius 1 is 0.895 bits per heavy atom. The molecule has 0 spiro atoms. The van der Waals surface area contributed by atoms with Crippen molar-refractivity contribution in [3.8, 4) is 5.75 Å². The lowest BCUT2D eigenvalue weighted by Crippen LogP contribution is -2.32. The summed E-state index contributed by atoms with van der Waals surface area (Å²) in [4.78, 5) is 2.50. The SMILES string of the molecule is CCN(Cc1ccc(CCNC2CCCCC2)cc1)c1cc(OC)ccc1C1CCC2CC(O)=CC=C2C1. The van der Waals surface area contributed by atoms with Crippen LogP contribution in [0.4, 0.5) is 5.69 Å². The van der Waals surface area contributed by atoms with Crippen LogP contribution in [0.3, 0.4) is 0 Å². The quantitative estimate of drug-likeness (QED) is 0.339. The molecule has 0 saturated heterocycles. The summed E-state index contributed by atoms with van der Waals surface area (Å²) < 4.78 is 5.66. The molecular formula is C34H46N2O2. The first-order valence-electron chi connectivity index (χ1n) is 15.0. The Balaban J connectivity index is 1.26. The van der Waals surface area contributed by atoms with Crippen molar-refractivity contribution in [2.45, 2.75) is 89.6 Å². The number of methoxy groups -OCH3 is 1. The molecule has 0 heterocycles. The number of hydrogen-bond acceptors (Lipinski definition) is 4. The van der Waals surface area contributed by atoms with Crippen LogP contribution in [0.5, 0.6) is 5.75 Å². The second kappa shape index (κ2) is 12.9. The van der Waals surface area contributed by atoms with Gasteiger partial charge < -0.3 is 20.1 Å². The number of rotatable bonds is 10. The van der Waals surface area contributed by atoms with Crippen molar-refractivity contribution in [3.05, 3.63) is 82.6 Å². The Labute approximate surface area is 229 Å². The lowest BCUT2D eigenvalue weighted by Gasteiger charge is -2.36. The van der Waals surface area contributed by atoms with Crippen LogP contribution in [0.2, 0.25) is 0 Å². The molecular weight excluding hydrogens is 468 g/mol. The van der Waals surface area contributed by atoms with Crippen LogP contribution in [0.25, 0.3) is 0 Å². The third-order valence-electron chi connectivity index (χ3n) is 9.06. The highest BCUT2D eigenvalue weighted by Gasteiger charge is 2.30. The van der Waals surface area contributed by atoms with Gasteiger partial charge in [-0.2, -0.15) is 0 Å². The Morgan fingerprint density at radius 3 is 2.42 bits per heavy atom. The van der Waals surface area contributed by atoms with E-state index in [-0.39, 0.29) is 0 Å². The number of nitrogens with zero attached hydrogens (tertiary/aromatic N) is 1. The average molecular weight is 515 g/mol. The third-order valence-corrected chi connectivity index (χ3v) is 9.06. The molecule has 2 aromatic carbocycles. The predicted octanol–water partition coefficient (Wildman–Crippen LogP) is 7.84. The summed E-state index contributed by atoms with van der Waals surface area (Å²) in [6, 6.07) is 16.6. The van der Waals surface area contributed by atoms with E-state index < -0.39 is 0 Å². The monoisotopic (exact) mass is 514 g/mol. The Bertz CT molecular complexity index is 1110. The second-order valence-corrected chi connectivity index (χ2v) is 11.6. The van der Waals surface area contributed by atoms with Gasteiger partial charge in [-0.3, -0.25) is 0 Å². The Hall–Kier alpha value is -2.72. The maximum absolute atomic E-state index is 9.98. The Morgan fingerprint density at radius 2 is 1.66 bits per heavy atom. The molecule has 5 rings (SSSR count). The van der Waals surface area contributed by atoms with Gasteiger partial charge in [0.25, 0.3) is 0 Å². The number of aliphatic hydroxyl groups is 1. The molecule has 2 N–H and O–H groups in total. The minimum atomic E-state index is 0.500. The molecule has 204 valence electrons. The van der Waals surface area contributed by atoms with Crippen LogP contribution in [-0.4, -0.2) is 31.3 Å². The molecule has 0 amide bonds. The largest absolute Gasteiger partial charge is 0.512 e. The highest BCUT2D eigenvalue weighted by molar-refractivity contribution is 5.59. The van der Waals surface area contributed by atoms with Crippen LogP contribution in [0.15, 0.2) is 65.9 Å².